The van der Waals surface area contributed by atoms with Gasteiger partial charge < -0.3 is 15.5 Å². The summed E-state index contributed by atoms with van der Waals surface area (Å²) in [7, 11) is 1.92. The van der Waals surface area contributed by atoms with Crippen LogP contribution in [0.2, 0.25) is 5.02 Å². The molecule has 0 bridgehead atoms. The Morgan fingerprint density at radius 2 is 2.33 bits per heavy atom. The molecule has 0 unspecified atom stereocenters. The fraction of sp³-hybridized carbons (Fsp3) is 0.0909. The molecule has 0 aliphatic rings. The van der Waals surface area contributed by atoms with Gasteiger partial charge in [-0.3, -0.25) is 0 Å². The summed E-state index contributed by atoms with van der Waals surface area (Å²) in [5, 5.41) is 12.8. The highest BCUT2D eigenvalue weighted by atomic mass is 35.5. The zero-order valence-electron chi connectivity index (χ0n) is 9.54. The molecule has 0 saturated carbocycles. The van der Waals surface area contributed by atoms with Crippen molar-refractivity contribution in [3.63, 3.8) is 0 Å². The molecule has 18 heavy (non-hydrogen) atoms. The normalized spacial score (nSPS) is 11.8. The smallest absolute Gasteiger partial charge is 0.172 e. The van der Waals surface area contributed by atoms with Crippen molar-refractivity contribution >= 4 is 29.2 Å². The number of nitrogens with zero attached hydrogens (tertiary/aromatic N) is 3. The van der Waals surface area contributed by atoms with Crippen LogP contribution in [0.15, 0.2) is 45.8 Å². The second kappa shape index (κ2) is 5.32. The van der Waals surface area contributed by atoms with E-state index in [-0.39, 0.29) is 5.84 Å². The molecule has 1 aromatic heterocycles. The Bertz CT molecular complexity index is 596. The molecule has 94 valence electrons. The minimum Gasteiger partial charge on any atom is -0.409 e. The molecule has 0 fully saturated rings. The molecular weight excluding hydrogens is 272 g/mol. The van der Waals surface area contributed by atoms with E-state index >= 15 is 0 Å². The van der Waals surface area contributed by atoms with E-state index < -0.39 is 0 Å². The summed E-state index contributed by atoms with van der Waals surface area (Å²) in [5.41, 5.74) is 6.00. The van der Waals surface area contributed by atoms with Gasteiger partial charge in [0.15, 0.2) is 11.0 Å². The van der Waals surface area contributed by atoms with Crippen LogP contribution in [0.4, 0.5) is 0 Å². The summed E-state index contributed by atoms with van der Waals surface area (Å²) < 4.78 is 1.91. The molecule has 2 rings (SSSR count). The molecule has 0 atom stereocenters. The van der Waals surface area contributed by atoms with Gasteiger partial charge in [-0.05, 0) is 18.2 Å². The number of aryl methyl sites for hydroxylation is 1. The first-order valence-electron chi connectivity index (χ1n) is 5.04. The molecule has 0 amide bonds. The number of hydrogen-bond acceptors (Lipinski definition) is 4. The number of halogens is 1. The van der Waals surface area contributed by atoms with E-state index in [1.165, 1.54) is 11.8 Å². The highest BCUT2D eigenvalue weighted by molar-refractivity contribution is 7.99. The van der Waals surface area contributed by atoms with Crippen molar-refractivity contribution < 1.29 is 5.21 Å². The second-order valence-electron chi connectivity index (χ2n) is 3.55. The first-order chi connectivity index (χ1) is 8.61. The molecule has 0 saturated heterocycles. The van der Waals surface area contributed by atoms with Gasteiger partial charge in [0.1, 0.15) is 0 Å². The predicted molar refractivity (Wildman–Crippen MR) is 71.3 cm³/mol. The van der Waals surface area contributed by atoms with Gasteiger partial charge in [-0.15, -0.1) is 0 Å². The highest BCUT2D eigenvalue weighted by Crippen LogP contribution is 2.29. The fourth-order valence-corrected chi connectivity index (χ4v) is 2.56. The van der Waals surface area contributed by atoms with Gasteiger partial charge in [-0.1, -0.05) is 28.5 Å². The van der Waals surface area contributed by atoms with Gasteiger partial charge in [-0.2, -0.15) is 0 Å². The lowest BCUT2D eigenvalue weighted by molar-refractivity contribution is 0.318. The molecule has 0 radical (unpaired) electrons. The van der Waals surface area contributed by atoms with E-state index in [1.54, 1.807) is 18.3 Å². The Morgan fingerprint density at radius 3 is 2.89 bits per heavy atom. The van der Waals surface area contributed by atoms with E-state index in [0.29, 0.717) is 10.6 Å². The van der Waals surface area contributed by atoms with Crippen molar-refractivity contribution in [2.75, 3.05) is 0 Å². The Morgan fingerprint density at radius 1 is 1.56 bits per heavy atom. The molecule has 1 aromatic carbocycles. The van der Waals surface area contributed by atoms with E-state index in [1.807, 2.05) is 23.9 Å². The molecular formula is C11H11ClN4OS. The maximum absolute atomic E-state index is 8.61. The number of amidine groups is 1. The summed E-state index contributed by atoms with van der Waals surface area (Å²) >= 11 is 7.56. The molecule has 0 spiro atoms. The quantitative estimate of drug-likeness (QED) is 0.392. The summed E-state index contributed by atoms with van der Waals surface area (Å²) in [6.07, 6.45) is 3.60. The lowest BCUT2D eigenvalue weighted by atomic mass is 10.2. The van der Waals surface area contributed by atoms with E-state index in [0.717, 1.165) is 10.1 Å². The van der Waals surface area contributed by atoms with Gasteiger partial charge in [0.05, 0.1) is 5.02 Å². The number of aromatic nitrogens is 2. The van der Waals surface area contributed by atoms with Gasteiger partial charge in [-0.25, -0.2) is 4.98 Å². The Labute approximate surface area is 113 Å². The first-order valence-corrected chi connectivity index (χ1v) is 6.24. The Kier molecular flexibility index (Phi) is 3.78. The van der Waals surface area contributed by atoms with E-state index in [9.17, 15) is 0 Å². The summed E-state index contributed by atoms with van der Waals surface area (Å²) in [6.45, 7) is 0. The van der Waals surface area contributed by atoms with Crippen molar-refractivity contribution in [1.29, 1.82) is 0 Å². The van der Waals surface area contributed by atoms with Crippen molar-refractivity contribution in [1.82, 2.24) is 9.55 Å². The zero-order chi connectivity index (χ0) is 13.1. The largest absolute Gasteiger partial charge is 0.409 e. The first kappa shape index (κ1) is 12.8. The predicted octanol–water partition coefficient (Wildman–Crippen LogP) is 2.32. The lowest BCUT2D eigenvalue weighted by Crippen LogP contribution is -2.13. The number of nitrogens with two attached hydrogens (primary N) is 1. The minimum absolute atomic E-state index is 0.00598. The minimum atomic E-state index is -0.00598. The molecule has 2 aromatic rings. The third-order valence-electron chi connectivity index (χ3n) is 2.31. The van der Waals surface area contributed by atoms with Crippen LogP contribution in [0.3, 0.4) is 0 Å². The number of benzene rings is 1. The van der Waals surface area contributed by atoms with Crippen molar-refractivity contribution in [2.45, 2.75) is 10.1 Å². The third-order valence-corrected chi connectivity index (χ3v) is 3.69. The zero-order valence-corrected chi connectivity index (χ0v) is 11.1. The third kappa shape index (κ3) is 2.60. The topological polar surface area (TPSA) is 76.4 Å². The van der Waals surface area contributed by atoms with Crippen LogP contribution in [0.1, 0.15) is 5.56 Å². The van der Waals surface area contributed by atoms with Crippen LogP contribution in [0, 0.1) is 0 Å². The van der Waals surface area contributed by atoms with Crippen LogP contribution >= 0.6 is 23.4 Å². The second-order valence-corrected chi connectivity index (χ2v) is 5.00. The number of oxime groups is 1. The maximum Gasteiger partial charge on any atom is 0.172 e. The number of hydrogen-bond donors (Lipinski definition) is 2. The molecule has 5 nitrogen and oxygen atoms in total. The van der Waals surface area contributed by atoms with Crippen LogP contribution < -0.4 is 5.73 Å². The Balaban J connectivity index is 2.27. The van der Waals surface area contributed by atoms with Crippen molar-refractivity contribution in [2.24, 2.45) is 17.9 Å². The van der Waals surface area contributed by atoms with Gasteiger partial charge in [0.25, 0.3) is 0 Å². The lowest BCUT2D eigenvalue weighted by Gasteiger charge is -2.05. The van der Waals surface area contributed by atoms with Crippen molar-refractivity contribution in [3.8, 4) is 0 Å². The van der Waals surface area contributed by atoms with Gasteiger partial charge >= 0.3 is 0 Å². The van der Waals surface area contributed by atoms with Gasteiger partial charge in [0.2, 0.25) is 0 Å². The standard InChI is InChI=1S/C11H11ClN4OS/c1-16-5-4-14-11(16)18-7-2-3-8(9(12)6-7)10(13)15-17/h2-6,17H,1H3,(H2,13,15). The maximum atomic E-state index is 8.61. The highest BCUT2D eigenvalue weighted by Gasteiger charge is 2.08. The average Bonchev–Trinajstić information content (AvgIpc) is 2.74. The van der Waals surface area contributed by atoms with Crippen molar-refractivity contribution in [3.05, 3.63) is 41.2 Å². The van der Waals surface area contributed by atoms with E-state index in [4.69, 9.17) is 22.5 Å². The van der Waals surface area contributed by atoms with Crippen LogP contribution in [0.5, 0.6) is 0 Å². The Hall–Kier alpha value is -1.66. The number of imidazole rings is 1. The molecule has 0 aliphatic carbocycles. The van der Waals surface area contributed by atoms with Gasteiger partial charge in [0, 0.05) is 29.9 Å². The summed E-state index contributed by atoms with van der Waals surface area (Å²) in [5.74, 6) is -0.00598. The van der Waals surface area contributed by atoms with Crippen LogP contribution in [-0.2, 0) is 7.05 Å². The fourth-order valence-electron chi connectivity index (χ4n) is 1.38. The van der Waals surface area contributed by atoms with Crippen LogP contribution in [0.25, 0.3) is 0 Å². The monoisotopic (exact) mass is 282 g/mol. The van der Waals surface area contributed by atoms with Crippen LogP contribution in [-0.4, -0.2) is 20.6 Å². The van der Waals surface area contributed by atoms with E-state index in [2.05, 4.69) is 10.1 Å². The summed E-state index contributed by atoms with van der Waals surface area (Å²) in [4.78, 5) is 5.14. The summed E-state index contributed by atoms with van der Waals surface area (Å²) in [6, 6.07) is 5.32. The molecule has 1 heterocycles. The number of rotatable bonds is 3. The molecule has 3 N–H and O–H groups in total. The SMILES string of the molecule is Cn1ccnc1Sc1ccc(C(N)=NO)c(Cl)c1. The molecule has 0 aliphatic heterocycles. The molecule has 7 heteroatoms. The average molecular weight is 283 g/mol.